The van der Waals surface area contributed by atoms with Crippen LogP contribution >= 0.6 is 23.2 Å². The van der Waals surface area contributed by atoms with Crippen LogP contribution in [0.4, 0.5) is 16.3 Å². The summed E-state index contributed by atoms with van der Waals surface area (Å²) in [5, 5.41) is 1.19. The van der Waals surface area contributed by atoms with Crippen LogP contribution < -0.4 is 14.5 Å². The Morgan fingerprint density at radius 1 is 1.03 bits per heavy atom. The zero-order valence-corrected chi connectivity index (χ0v) is 18.9. The highest BCUT2D eigenvalue weighted by Crippen LogP contribution is 2.29. The number of piperazine rings is 1. The van der Waals surface area contributed by atoms with Gasteiger partial charge in [0, 0.05) is 48.5 Å². The standard InChI is InChI=1S/C22H23Cl2N5O2/c1-3-29(20-21(31-2)26-19-7-5-4-6-18(19)25-20)22(30)28-10-8-27(9-11-28)17-13-15(23)12-16(24)14-17/h4-7,12-14H,3,8-11H2,1-2H3. The van der Waals surface area contributed by atoms with Gasteiger partial charge in [0.15, 0.2) is 0 Å². The Bertz CT molecular complexity index is 1080. The molecule has 1 aliphatic heterocycles. The second kappa shape index (κ2) is 9.16. The number of benzene rings is 2. The van der Waals surface area contributed by atoms with Crippen LogP contribution in [0, 0.1) is 0 Å². The van der Waals surface area contributed by atoms with Gasteiger partial charge in [-0.1, -0.05) is 35.3 Å². The molecule has 4 rings (SSSR count). The summed E-state index contributed by atoms with van der Waals surface area (Å²) in [6.07, 6.45) is 0. The van der Waals surface area contributed by atoms with Gasteiger partial charge in [-0.3, -0.25) is 4.90 Å². The van der Waals surface area contributed by atoms with E-state index in [1.165, 1.54) is 7.11 Å². The maximum atomic E-state index is 13.4. The minimum absolute atomic E-state index is 0.117. The van der Waals surface area contributed by atoms with Crippen molar-refractivity contribution in [2.45, 2.75) is 6.92 Å². The van der Waals surface area contributed by atoms with Crippen LogP contribution in [0.2, 0.25) is 10.0 Å². The third-order valence-corrected chi connectivity index (χ3v) is 5.72. The average Bonchev–Trinajstić information content (AvgIpc) is 2.78. The van der Waals surface area contributed by atoms with E-state index in [0.29, 0.717) is 60.0 Å². The summed E-state index contributed by atoms with van der Waals surface area (Å²) >= 11 is 12.3. The fourth-order valence-electron chi connectivity index (χ4n) is 3.71. The fourth-order valence-corrected chi connectivity index (χ4v) is 4.23. The number of nitrogens with zero attached hydrogens (tertiary/aromatic N) is 5. The number of aromatic nitrogens is 2. The molecule has 0 saturated carbocycles. The molecule has 2 aromatic carbocycles. The first-order valence-electron chi connectivity index (χ1n) is 10.1. The molecule has 2 heterocycles. The Hall–Kier alpha value is -2.77. The number of hydrogen-bond acceptors (Lipinski definition) is 5. The van der Waals surface area contributed by atoms with Crippen LogP contribution in [0.1, 0.15) is 6.92 Å². The van der Waals surface area contributed by atoms with Crippen molar-refractivity contribution < 1.29 is 9.53 Å². The summed E-state index contributed by atoms with van der Waals surface area (Å²) in [7, 11) is 1.54. The normalized spacial score (nSPS) is 14.1. The van der Waals surface area contributed by atoms with Crippen LogP contribution in [0.25, 0.3) is 11.0 Å². The van der Waals surface area contributed by atoms with E-state index in [-0.39, 0.29) is 6.03 Å². The predicted octanol–water partition coefficient (Wildman–Crippen LogP) is 4.71. The third kappa shape index (κ3) is 4.48. The van der Waals surface area contributed by atoms with Gasteiger partial charge in [-0.2, -0.15) is 0 Å². The molecule has 1 fully saturated rings. The summed E-state index contributed by atoms with van der Waals surface area (Å²) in [5.41, 5.74) is 2.40. The van der Waals surface area contributed by atoms with Crippen LogP contribution in [-0.4, -0.2) is 60.7 Å². The molecule has 31 heavy (non-hydrogen) atoms. The number of para-hydroxylation sites is 2. The van der Waals surface area contributed by atoms with E-state index >= 15 is 0 Å². The largest absolute Gasteiger partial charge is 0.478 e. The van der Waals surface area contributed by atoms with Crippen molar-refractivity contribution in [2.24, 2.45) is 0 Å². The van der Waals surface area contributed by atoms with Crippen LogP contribution in [0.15, 0.2) is 42.5 Å². The van der Waals surface area contributed by atoms with Crippen molar-refractivity contribution in [2.75, 3.05) is 49.6 Å². The fraction of sp³-hybridized carbons (Fsp3) is 0.318. The summed E-state index contributed by atoms with van der Waals surface area (Å²) in [5.74, 6) is 0.763. The van der Waals surface area contributed by atoms with E-state index in [1.54, 1.807) is 11.0 Å². The summed E-state index contributed by atoms with van der Waals surface area (Å²) in [6, 6.07) is 12.9. The molecule has 9 heteroatoms. The molecule has 1 aromatic heterocycles. The molecule has 0 radical (unpaired) electrons. The van der Waals surface area contributed by atoms with Gasteiger partial charge in [-0.05, 0) is 37.3 Å². The number of anilines is 2. The SMILES string of the molecule is CCN(C(=O)N1CCN(c2cc(Cl)cc(Cl)c2)CC1)c1nc2ccccc2nc1OC. The molecule has 0 unspecified atom stereocenters. The molecule has 1 saturated heterocycles. The van der Waals surface area contributed by atoms with E-state index in [1.807, 2.05) is 48.2 Å². The van der Waals surface area contributed by atoms with E-state index in [9.17, 15) is 4.79 Å². The van der Waals surface area contributed by atoms with Gasteiger partial charge in [-0.15, -0.1) is 0 Å². The smallest absolute Gasteiger partial charge is 0.325 e. The van der Waals surface area contributed by atoms with Crippen molar-refractivity contribution in [3.05, 3.63) is 52.5 Å². The first kappa shape index (κ1) is 21.5. The Kier molecular flexibility index (Phi) is 6.34. The van der Waals surface area contributed by atoms with Gasteiger partial charge in [-0.25, -0.2) is 14.8 Å². The quantitative estimate of drug-likeness (QED) is 0.564. The highest BCUT2D eigenvalue weighted by atomic mass is 35.5. The Balaban J connectivity index is 1.53. The zero-order chi connectivity index (χ0) is 22.0. The van der Waals surface area contributed by atoms with Crippen molar-refractivity contribution >= 4 is 51.8 Å². The number of carbonyl (C=O) groups excluding carboxylic acids is 1. The van der Waals surface area contributed by atoms with Gasteiger partial charge in [0.25, 0.3) is 5.88 Å². The molecule has 0 spiro atoms. The highest BCUT2D eigenvalue weighted by molar-refractivity contribution is 6.35. The highest BCUT2D eigenvalue weighted by Gasteiger charge is 2.29. The van der Waals surface area contributed by atoms with Gasteiger partial charge in [0.1, 0.15) is 0 Å². The molecule has 162 valence electrons. The van der Waals surface area contributed by atoms with Gasteiger partial charge in [0.05, 0.1) is 18.1 Å². The van der Waals surface area contributed by atoms with E-state index in [4.69, 9.17) is 27.9 Å². The molecule has 1 aliphatic rings. The lowest BCUT2D eigenvalue weighted by Crippen LogP contribution is -2.53. The molecule has 3 aromatic rings. The van der Waals surface area contributed by atoms with Crippen molar-refractivity contribution in [1.82, 2.24) is 14.9 Å². The lowest BCUT2D eigenvalue weighted by Gasteiger charge is -2.38. The van der Waals surface area contributed by atoms with Crippen LogP contribution in [0.5, 0.6) is 5.88 Å². The first-order chi connectivity index (χ1) is 15.0. The zero-order valence-electron chi connectivity index (χ0n) is 17.4. The number of fused-ring (bicyclic) bond motifs is 1. The molecule has 0 aliphatic carbocycles. The maximum absolute atomic E-state index is 13.4. The number of rotatable bonds is 4. The number of hydrogen-bond donors (Lipinski definition) is 0. The van der Waals surface area contributed by atoms with Crippen LogP contribution in [0.3, 0.4) is 0 Å². The minimum Gasteiger partial charge on any atom is -0.478 e. The number of methoxy groups -OCH3 is 1. The summed E-state index contributed by atoms with van der Waals surface area (Å²) in [4.78, 5) is 28.2. The van der Waals surface area contributed by atoms with Gasteiger partial charge >= 0.3 is 6.03 Å². The molecule has 0 N–H and O–H groups in total. The molecule has 2 amide bonds. The van der Waals surface area contributed by atoms with Crippen LogP contribution in [-0.2, 0) is 0 Å². The Morgan fingerprint density at radius 3 is 2.23 bits per heavy atom. The van der Waals surface area contributed by atoms with E-state index < -0.39 is 0 Å². The second-order valence-corrected chi connectivity index (χ2v) is 8.05. The second-order valence-electron chi connectivity index (χ2n) is 7.17. The van der Waals surface area contributed by atoms with Crippen molar-refractivity contribution in [3.8, 4) is 5.88 Å². The molecule has 7 nitrogen and oxygen atoms in total. The minimum atomic E-state index is -0.117. The number of halogens is 2. The van der Waals surface area contributed by atoms with Crippen molar-refractivity contribution in [1.29, 1.82) is 0 Å². The van der Waals surface area contributed by atoms with Gasteiger partial charge in [0.2, 0.25) is 5.82 Å². The van der Waals surface area contributed by atoms with Gasteiger partial charge < -0.3 is 14.5 Å². The topological polar surface area (TPSA) is 61.8 Å². The average molecular weight is 460 g/mol. The lowest BCUT2D eigenvalue weighted by molar-refractivity contribution is 0.201. The monoisotopic (exact) mass is 459 g/mol. The number of amides is 2. The van der Waals surface area contributed by atoms with E-state index in [2.05, 4.69) is 14.9 Å². The molecular weight excluding hydrogens is 437 g/mol. The van der Waals surface area contributed by atoms with Crippen molar-refractivity contribution in [3.63, 3.8) is 0 Å². The summed E-state index contributed by atoms with van der Waals surface area (Å²) in [6.45, 7) is 4.87. The molecular formula is C22H23Cl2N5O2. The van der Waals surface area contributed by atoms with E-state index in [0.717, 1.165) is 11.2 Å². The Labute approximate surface area is 191 Å². The Morgan fingerprint density at radius 2 is 1.65 bits per heavy atom. The maximum Gasteiger partial charge on any atom is 0.325 e. The summed E-state index contributed by atoms with van der Waals surface area (Å²) < 4.78 is 5.45. The lowest BCUT2D eigenvalue weighted by atomic mass is 10.2. The predicted molar refractivity (Wildman–Crippen MR) is 125 cm³/mol. The number of urea groups is 1. The number of ether oxygens (including phenoxy) is 1. The first-order valence-corrected chi connectivity index (χ1v) is 10.8. The third-order valence-electron chi connectivity index (χ3n) is 5.28. The number of carbonyl (C=O) groups is 1. The molecule has 0 atom stereocenters. The molecule has 0 bridgehead atoms.